The van der Waals surface area contributed by atoms with E-state index in [0.29, 0.717) is 6.42 Å². The fourth-order valence-corrected chi connectivity index (χ4v) is 4.42. The molecule has 0 aromatic rings. The Hall–Kier alpha value is -0.160. The molecule has 0 aromatic carbocycles. The van der Waals surface area contributed by atoms with Crippen molar-refractivity contribution in [2.75, 3.05) is 0 Å². The lowest BCUT2D eigenvalue weighted by Crippen LogP contribution is -2.62. The second kappa shape index (κ2) is 5.56. The molecule has 0 saturated heterocycles. The van der Waals surface area contributed by atoms with Gasteiger partial charge in [0.2, 0.25) is 0 Å². The van der Waals surface area contributed by atoms with E-state index in [2.05, 4.69) is 46.4 Å². The van der Waals surface area contributed by atoms with Gasteiger partial charge in [-0.2, -0.15) is 0 Å². The first-order valence-electron chi connectivity index (χ1n) is 7.23. The van der Waals surface area contributed by atoms with Gasteiger partial charge in [0, 0.05) is 5.41 Å². The first-order chi connectivity index (χ1) is 8.58. The van der Waals surface area contributed by atoms with Gasteiger partial charge in [-0.05, 0) is 44.9 Å². The van der Waals surface area contributed by atoms with Crippen molar-refractivity contribution in [1.82, 2.24) is 0 Å². The van der Waals surface area contributed by atoms with Crippen molar-refractivity contribution in [3.8, 4) is 0 Å². The Morgan fingerprint density at radius 3 is 1.20 bits per heavy atom. The minimum absolute atomic E-state index is 0.187. The molecule has 0 aliphatic heterocycles. The summed E-state index contributed by atoms with van der Waals surface area (Å²) in [5, 5.41) is 18.7. The van der Waals surface area contributed by atoms with Crippen molar-refractivity contribution in [3.05, 3.63) is 0 Å². The highest BCUT2D eigenvalue weighted by atomic mass is 17.1. The Kier molecular flexibility index (Phi) is 5.52. The van der Waals surface area contributed by atoms with Crippen molar-refractivity contribution in [2.24, 2.45) is 16.2 Å². The molecule has 0 atom stereocenters. The van der Waals surface area contributed by atoms with Crippen molar-refractivity contribution in [1.29, 1.82) is 0 Å². The Morgan fingerprint density at radius 1 is 0.650 bits per heavy atom. The molecule has 4 nitrogen and oxygen atoms in total. The van der Waals surface area contributed by atoms with E-state index in [9.17, 15) is 10.5 Å². The lowest BCUT2D eigenvalue weighted by Gasteiger charge is -2.62. The van der Waals surface area contributed by atoms with E-state index < -0.39 is 16.6 Å². The van der Waals surface area contributed by atoms with Crippen molar-refractivity contribution in [3.63, 3.8) is 0 Å². The van der Waals surface area contributed by atoms with Crippen LogP contribution in [0.1, 0.15) is 75.7 Å². The van der Waals surface area contributed by atoms with Crippen LogP contribution in [-0.4, -0.2) is 21.7 Å². The van der Waals surface area contributed by atoms with Crippen LogP contribution < -0.4 is 0 Å². The van der Waals surface area contributed by atoms with Crippen LogP contribution in [0.5, 0.6) is 0 Å². The molecular weight excluding hydrogens is 256 g/mol. The summed E-state index contributed by atoms with van der Waals surface area (Å²) >= 11 is 0. The van der Waals surface area contributed by atoms with E-state index in [-0.39, 0.29) is 10.8 Å². The summed E-state index contributed by atoms with van der Waals surface area (Å²) in [5.41, 5.74) is -2.37. The highest BCUT2D eigenvalue weighted by Gasteiger charge is 2.62. The van der Waals surface area contributed by atoms with E-state index in [1.165, 1.54) is 0 Å². The molecule has 122 valence electrons. The van der Waals surface area contributed by atoms with Gasteiger partial charge in [0.25, 0.3) is 0 Å². The summed E-state index contributed by atoms with van der Waals surface area (Å²) in [4.78, 5) is 9.60. The van der Waals surface area contributed by atoms with Gasteiger partial charge < -0.3 is 0 Å². The van der Waals surface area contributed by atoms with Gasteiger partial charge in [-0.1, -0.05) is 41.5 Å². The molecule has 0 unspecified atom stereocenters. The Morgan fingerprint density at radius 2 is 1.00 bits per heavy atom. The molecule has 0 rings (SSSR count). The van der Waals surface area contributed by atoms with Gasteiger partial charge in [0.05, 0.1) is 5.60 Å². The number of hydrogen-bond acceptors (Lipinski definition) is 4. The maximum Gasteiger partial charge on any atom is 0.104 e. The molecule has 0 aliphatic carbocycles. The van der Waals surface area contributed by atoms with Crippen molar-refractivity contribution in [2.45, 2.75) is 86.9 Å². The molecule has 20 heavy (non-hydrogen) atoms. The van der Waals surface area contributed by atoms with Crippen LogP contribution in [0.2, 0.25) is 0 Å². The monoisotopic (exact) mass is 290 g/mol. The van der Waals surface area contributed by atoms with Crippen LogP contribution >= 0.6 is 0 Å². The average Bonchev–Trinajstić information content (AvgIpc) is 2.22. The Bertz CT molecular complexity index is 304. The van der Waals surface area contributed by atoms with Crippen LogP contribution in [-0.2, 0) is 9.78 Å². The molecule has 0 radical (unpaired) electrons. The van der Waals surface area contributed by atoms with Crippen LogP contribution in [0.4, 0.5) is 0 Å². The molecule has 4 heteroatoms. The molecule has 0 fully saturated rings. The van der Waals surface area contributed by atoms with Crippen LogP contribution in [0.15, 0.2) is 0 Å². The molecule has 2 N–H and O–H groups in total. The first kappa shape index (κ1) is 19.8. The normalized spacial score (nSPS) is 15.6. The third-order valence-corrected chi connectivity index (χ3v) is 4.75. The van der Waals surface area contributed by atoms with Gasteiger partial charge in [-0.25, -0.2) is 9.78 Å². The van der Waals surface area contributed by atoms with E-state index in [4.69, 9.17) is 4.89 Å². The maximum atomic E-state index is 9.52. The molecule has 0 spiro atoms. The summed E-state index contributed by atoms with van der Waals surface area (Å²) in [7, 11) is 0. The maximum absolute atomic E-state index is 9.52. The number of rotatable bonds is 5. The highest BCUT2D eigenvalue weighted by molar-refractivity contribution is 5.09. The fraction of sp³-hybridized carbons (Fsp3) is 1.00. The van der Waals surface area contributed by atoms with E-state index in [0.717, 1.165) is 0 Å². The van der Waals surface area contributed by atoms with Gasteiger partial charge >= 0.3 is 0 Å². The molecule has 0 saturated carbocycles. The minimum Gasteiger partial charge on any atom is -0.251 e. The van der Waals surface area contributed by atoms with E-state index in [1.54, 1.807) is 0 Å². The van der Waals surface area contributed by atoms with Crippen molar-refractivity contribution < 1.29 is 20.3 Å². The van der Waals surface area contributed by atoms with Crippen LogP contribution in [0.3, 0.4) is 0 Å². The lowest BCUT2D eigenvalue weighted by atomic mass is 9.45. The smallest absolute Gasteiger partial charge is 0.104 e. The predicted octanol–water partition coefficient (Wildman–Crippen LogP) is 4.99. The first-order valence-corrected chi connectivity index (χ1v) is 7.23. The molecule has 0 aromatic heterocycles. The summed E-state index contributed by atoms with van der Waals surface area (Å²) < 4.78 is 0. The van der Waals surface area contributed by atoms with Gasteiger partial charge in [-0.15, -0.1) is 0 Å². The quantitative estimate of drug-likeness (QED) is 0.553. The third-order valence-electron chi connectivity index (χ3n) is 4.75. The second-order valence-corrected chi connectivity index (χ2v) is 9.03. The summed E-state index contributed by atoms with van der Waals surface area (Å²) in [6.07, 6.45) is 0.539. The molecular formula is C16H34O4. The Labute approximate surface area is 124 Å². The van der Waals surface area contributed by atoms with Crippen molar-refractivity contribution >= 4 is 0 Å². The number of hydrogen-bond donors (Lipinski definition) is 2. The van der Waals surface area contributed by atoms with Gasteiger partial charge in [0.15, 0.2) is 0 Å². The topological polar surface area (TPSA) is 58.9 Å². The second-order valence-electron chi connectivity index (χ2n) is 9.03. The van der Waals surface area contributed by atoms with Gasteiger partial charge in [-0.3, -0.25) is 10.5 Å². The molecule has 0 bridgehead atoms. The SMILES string of the molecule is CC(C)(CC(C(C)(C)C)(C(C)(C)C)C(C)(C)OO)OO. The largest absolute Gasteiger partial charge is 0.251 e. The highest BCUT2D eigenvalue weighted by Crippen LogP contribution is 2.62. The zero-order valence-electron chi connectivity index (χ0n) is 14.9. The summed E-state index contributed by atoms with van der Waals surface area (Å²) in [6, 6.07) is 0. The van der Waals surface area contributed by atoms with Gasteiger partial charge in [0.1, 0.15) is 5.60 Å². The van der Waals surface area contributed by atoms with E-state index >= 15 is 0 Å². The van der Waals surface area contributed by atoms with Crippen LogP contribution in [0, 0.1) is 16.2 Å². The standard InChI is InChI=1S/C16H34O4/c1-12(2,3)16(13(4,5)6,15(9,10)20-18)11-14(7,8)19-17/h17-18H,11H2,1-10H3. The predicted molar refractivity (Wildman–Crippen MR) is 81.5 cm³/mol. The fourth-order valence-electron chi connectivity index (χ4n) is 4.42. The van der Waals surface area contributed by atoms with E-state index in [1.807, 2.05) is 27.7 Å². The summed E-state index contributed by atoms with van der Waals surface area (Å²) in [6.45, 7) is 20.2. The Balaban J connectivity index is 6.27. The lowest BCUT2D eigenvalue weighted by molar-refractivity contribution is -0.387. The van der Waals surface area contributed by atoms with Crippen LogP contribution in [0.25, 0.3) is 0 Å². The molecule has 0 amide bonds. The molecule has 0 aliphatic rings. The summed E-state index contributed by atoms with van der Waals surface area (Å²) in [5.74, 6) is 0. The average molecular weight is 290 g/mol. The minimum atomic E-state index is -0.806. The zero-order valence-corrected chi connectivity index (χ0v) is 14.9. The molecule has 0 heterocycles. The third kappa shape index (κ3) is 3.35. The zero-order chi connectivity index (χ0) is 16.6.